The van der Waals surface area contributed by atoms with E-state index in [-0.39, 0.29) is 5.91 Å². The highest BCUT2D eigenvalue weighted by Gasteiger charge is 2.35. The smallest absolute Gasteiger partial charge is 0.276 e. The van der Waals surface area contributed by atoms with Gasteiger partial charge in [0.15, 0.2) is 10.9 Å². The first kappa shape index (κ1) is 19.0. The van der Waals surface area contributed by atoms with E-state index in [0.29, 0.717) is 27.4 Å². The van der Waals surface area contributed by atoms with Gasteiger partial charge >= 0.3 is 0 Å². The van der Waals surface area contributed by atoms with Gasteiger partial charge in [-0.3, -0.25) is 10.1 Å². The molecule has 30 heavy (non-hydrogen) atoms. The molecule has 1 N–H and O–H groups in total. The van der Waals surface area contributed by atoms with Crippen LogP contribution >= 0.6 is 23.4 Å². The van der Waals surface area contributed by atoms with Gasteiger partial charge in [0.2, 0.25) is 6.17 Å². The minimum absolute atomic E-state index is 0.209. The molecule has 1 aromatic heterocycles. The van der Waals surface area contributed by atoms with Crippen molar-refractivity contribution >= 4 is 40.1 Å². The molecule has 2 aromatic carbocycles. The summed E-state index contributed by atoms with van der Waals surface area (Å²) in [6.07, 6.45) is -0.541. The number of halogens is 1. The van der Waals surface area contributed by atoms with E-state index in [4.69, 9.17) is 26.1 Å². The summed E-state index contributed by atoms with van der Waals surface area (Å²) < 4.78 is 5.83. The number of hydrogen-bond acceptors (Lipinski definition) is 6. The molecular weight excluding hydrogens is 420 g/mol. The number of nitrogens with one attached hydrogen (secondary N) is 1. The number of hydrazone groups is 1. The Kier molecular flexibility index (Phi) is 4.84. The summed E-state index contributed by atoms with van der Waals surface area (Å²) in [6, 6.07) is 18.9. The van der Waals surface area contributed by atoms with E-state index in [2.05, 4.69) is 5.32 Å². The SMILES string of the molecule is Cc1ccc([C@@H]2N=c3ccccc3=C3C(=O)NC(SCc4ccc(Cl)cc4)=NN32)o1. The van der Waals surface area contributed by atoms with E-state index >= 15 is 0 Å². The second-order valence-corrected chi connectivity index (χ2v) is 8.34. The van der Waals surface area contributed by atoms with Crippen LogP contribution in [0, 0.1) is 6.92 Å². The number of carbonyl (C=O) groups is 1. The summed E-state index contributed by atoms with van der Waals surface area (Å²) in [5.41, 5.74) is 1.55. The van der Waals surface area contributed by atoms with Crippen LogP contribution in [0.25, 0.3) is 5.70 Å². The summed E-state index contributed by atoms with van der Waals surface area (Å²) in [6.45, 7) is 1.88. The lowest BCUT2D eigenvalue weighted by Crippen LogP contribution is -2.50. The minimum Gasteiger partial charge on any atom is -0.462 e. The molecule has 6 nitrogen and oxygen atoms in total. The highest BCUT2D eigenvalue weighted by Crippen LogP contribution is 2.32. The van der Waals surface area contributed by atoms with Crippen molar-refractivity contribution in [3.05, 3.63) is 93.3 Å². The van der Waals surface area contributed by atoms with E-state index in [1.807, 2.05) is 67.6 Å². The van der Waals surface area contributed by atoms with Crippen LogP contribution in [0.15, 0.2) is 75.2 Å². The Morgan fingerprint density at radius 1 is 1.13 bits per heavy atom. The van der Waals surface area contributed by atoms with Crippen LogP contribution in [0.4, 0.5) is 0 Å². The maximum absolute atomic E-state index is 13.1. The van der Waals surface area contributed by atoms with Gasteiger partial charge in [-0.2, -0.15) is 0 Å². The van der Waals surface area contributed by atoms with Crippen LogP contribution in [0.2, 0.25) is 5.02 Å². The quantitative estimate of drug-likeness (QED) is 0.683. The first-order valence-corrected chi connectivity index (χ1v) is 10.7. The molecule has 8 heteroatoms. The number of nitrogens with zero attached hydrogens (tertiary/aromatic N) is 3. The zero-order chi connectivity index (χ0) is 20.7. The number of furan rings is 1. The summed E-state index contributed by atoms with van der Waals surface area (Å²) in [5, 5.41) is 12.0. The molecule has 2 aliphatic rings. The predicted molar refractivity (Wildman–Crippen MR) is 117 cm³/mol. The van der Waals surface area contributed by atoms with E-state index in [1.54, 1.807) is 5.01 Å². The number of para-hydroxylation sites is 1. The summed E-state index contributed by atoms with van der Waals surface area (Å²) >= 11 is 7.40. The van der Waals surface area contributed by atoms with E-state index in [1.165, 1.54) is 11.8 Å². The fraction of sp³-hybridized carbons (Fsp3) is 0.136. The van der Waals surface area contributed by atoms with Gasteiger partial charge in [0.1, 0.15) is 11.5 Å². The number of aryl methyl sites for hydroxylation is 1. The third-order valence-corrected chi connectivity index (χ3v) is 6.01. The molecule has 150 valence electrons. The normalized spacial score (nSPS) is 17.6. The van der Waals surface area contributed by atoms with Crippen molar-refractivity contribution in [3.63, 3.8) is 0 Å². The fourth-order valence-corrected chi connectivity index (χ4v) is 4.33. The molecule has 5 rings (SSSR count). The standard InChI is InChI=1S/C22H17ClN4O2S/c1-13-6-11-18(29-13)20-24-17-5-3-2-4-16(17)19-21(28)25-22(26-27(19)20)30-12-14-7-9-15(23)10-8-14/h2-11,20H,12H2,1H3,(H,25,26,28)/t20-/m1/s1. The Morgan fingerprint density at radius 3 is 2.70 bits per heavy atom. The number of amidine groups is 1. The van der Waals surface area contributed by atoms with Crippen molar-refractivity contribution in [2.45, 2.75) is 18.8 Å². The van der Waals surface area contributed by atoms with Gasteiger partial charge in [-0.1, -0.05) is 53.7 Å². The lowest BCUT2D eigenvalue weighted by molar-refractivity contribution is -0.116. The number of carbonyl (C=O) groups excluding carboxylic acids is 1. The summed E-state index contributed by atoms with van der Waals surface area (Å²) in [7, 11) is 0. The molecule has 1 atom stereocenters. The van der Waals surface area contributed by atoms with Gasteiger partial charge in [-0.05, 0) is 42.8 Å². The maximum Gasteiger partial charge on any atom is 0.276 e. The zero-order valence-electron chi connectivity index (χ0n) is 16.0. The number of hydrogen-bond donors (Lipinski definition) is 1. The molecule has 0 fully saturated rings. The number of benzene rings is 2. The Bertz CT molecular complexity index is 1280. The molecular formula is C22H17ClN4O2S. The first-order chi connectivity index (χ1) is 14.6. The van der Waals surface area contributed by atoms with Crippen molar-refractivity contribution in [2.75, 3.05) is 0 Å². The lowest BCUT2D eigenvalue weighted by atomic mass is 10.1. The summed E-state index contributed by atoms with van der Waals surface area (Å²) in [5.74, 6) is 1.86. The Labute approximate surface area is 181 Å². The van der Waals surface area contributed by atoms with E-state index < -0.39 is 6.17 Å². The van der Waals surface area contributed by atoms with Gasteiger partial charge in [-0.15, -0.1) is 5.10 Å². The van der Waals surface area contributed by atoms with Crippen LogP contribution < -0.4 is 15.9 Å². The molecule has 0 saturated heterocycles. The van der Waals surface area contributed by atoms with Crippen molar-refractivity contribution < 1.29 is 9.21 Å². The van der Waals surface area contributed by atoms with Crippen LogP contribution in [-0.4, -0.2) is 16.1 Å². The monoisotopic (exact) mass is 436 g/mol. The predicted octanol–water partition coefficient (Wildman–Crippen LogP) is 3.32. The van der Waals surface area contributed by atoms with Crippen molar-refractivity contribution in [1.29, 1.82) is 0 Å². The molecule has 0 saturated carbocycles. The van der Waals surface area contributed by atoms with Crippen LogP contribution in [0.1, 0.15) is 23.2 Å². The summed E-state index contributed by atoms with van der Waals surface area (Å²) in [4.78, 5) is 17.9. The second kappa shape index (κ2) is 7.66. The fourth-order valence-electron chi connectivity index (χ4n) is 3.40. The van der Waals surface area contributed by atoms with Gasteiger partial charge in [0.25, 0.3) is 5.91 Å². The lowest BCUT2D eigenvalue weighted by Gasteiger charge is -2.32. The number of fused-ring (bicyclic) bond motifs is 2. The Hall–Kier alpha value is -3.03. The minimum atomic E-state index is -0.541. The number of rotatable bonds is 3. The molecule has 3 heterocycles. The van der Waals surface area contributed by atoms with Crippen LogP contribution in [0.5, 0.6) is 0 Å². The average Bonchev–Trinajstić information content (AvgIpc) is 3.18. The van der Waals surface area contributed by atoms with Crippen LogP contribution in [0.3, 0.4) is 0 Å². The van der Waals surface area contributed by atoms with Crippen molar-refractivity contribution in [2.24, 2.45) is 10.1 Å². The van der Waals surface area contributed by atoms with Gasteiger partial charge in [0.05, 0.1) is 5.36 Å². The molecule has 2 aliphatic heterocycles. The topological polar surface area (TPSA) is 70.2 Å². The highest BCUT2D eigenvalue weighted by molar-refractivity contribution is 8.13. The third kappa shape index (κ3) is 3.51. The van der Waals surface area contributed by atoms with Gasteiger partial charge in [-0.25, -0.2) is 10.0 Å². The third-order valence-electron chi connectivity index (χ3n) is 4.82. The average molecular weight is 437 g/mol. The van der Waals surface area contributed by atoms with Crippen molar-refractivity contribution in [3.8, 4) is 0 Å². The largest absolute Gasteiger partial charge is 0.462 e. The second-order valence-electron chi connectivity index (χ2n) is 6.94. The Morgan fingerprint density at radius 2 is 1.93 bits per heavy atom. The van der Waals surface area contributed by atoms with Gasteiger partial charge in [0, 0.05) is 16.0 Å². The number of thioether (sulfide) groups is 1. The molecule has 1 amide bonds. The molecule has 0 spiro atoms. The van der Waals surface area contributed by atoms with Crippen LogP contribution in [-0.2, 0) is 10.5 Å². The molecule has 0 radical (unpaired) electrons. The van der Waals surface area contributed by atoms with E-state index in [0.717, 1.165) is 21.9 Å². The van der Waals surface area contributed by atoms with Crippen molar-refractivity contribution in [1.82, 2.24) is 10.3 Å². The first-order valence-electron chi connectivity index (χ1n) is 9.38. The molecule has 0 bridgehead atoms. The molecule has 0 unspecified atom stereocenters. The van der Waals surface area contributed by atoms with Gasteiger partial charge < -0.3 is 4.42 Å². The number of amides is 1. The Balaban J connectivity index is 1.54. The molecule has 3 aromatic rings. The zero-order valence-corrected chi connectivity index (χ0v) is 17.6. The van der Waals surface area contributed by atoms with E-state index in [9.17, 15) is 4.79 Å². The molecule has 0 aliphatic carbocycles. The maximum atomic E-state index is 13.1. The highest BCUT2D eigenvalue weighted by atomic mass is 35.5.